The van der Waals surface area contributed by atoms with Gasteiger partial charge in [0.25, 0.3) is 0 Å². The maximum Gasteiger partial charge on any atom is 0.203 e. The maximum absolute atomic E-state index is 4.57. The van der Waals surface area contributed by atoms with Crippen molar-refractivity contribution in [1.82, 2.24) is 9.55 Å². The Balaban J connectivity index is 2.36. The summed E-state index contributed by atoms with van der Waals surface area (Å²) in [5.74, 6) is 1.04. The van der Waals surface area contributed by atoms with Crippen LogP contribution in [0.3, 0.4) is 0 Å². The molecule has 72 valence electrons. The zero-order chi connectivity index (χ0) is 9.47. The third-order valence-electron chi connectivity index (χ3n) is 2.40. The van der Waals surface area contributed by atoms with Crippen LogP contribution in [0.2, 0.25) is 0 Å². The van der Waals surface area contributed by atoms with Gasteiger partial charge in [0, 0.05) is 24.7 Å². The second kappa shape index (κ2) is 2.76. The highest BCUT2D eigenvalue weighted by atomic mass is 15.2. The molecule has 0 aromatic carbocycles. The number of anilines is 1. The molecule has 0 bridgehead atoms. The first kappa shape index (κ1) is 8.60. The van der Waals surface area contributed by atoms with Gasteiger partial charge in [0.2, 0.25) is 5.95 Å². The molecule has 0 radical (unpaired) electrons. The molecule has 0 saturated carbocycles. The van der Waals surface area contributed by atoms with Crippen molar-refractivity contribution in [2.24, 2.45) is 0 Å². The molecule has 0 unspecified atom stereocenters. The van der Waals surface area contributed by atoms with Crippen LogP contribution >= 0.6 is 0 Å². The molecule has 0 aliphatic carbocycles. The van der Waals surface area contributed by atoms with Gasteiger partial charge in [-0.2, -0.15) is 0 Å². The molecular weight excluding hydrogens is 162 g/mol. The Kier molecular flexibility index (Phi) is 1.82. The average Bonchev–Trinajstić information content (AvgIpc) is 2.45. The Morgan fingerprint density at radius 3 is 2.85 bits per heavy atom. The molecule has 1 N–H and O–H groups in total. The molecule has 0 saturated heterocycles. The van der Waals surface area contributed by atoms with Crippen molar-refractivity contribution >= 4 is 5.95 Å². The molecule has 0 atom stereocenters. The molecular formula is C10H17N3. The number of fused-ring (bicyclic) bond motifs is 1. The number of nitrogens with zero attached hydrogens (tertiary/aromatic N) is 2. The van der Waals surface area contributed by atoms with E-state index in [2.05, 4.69) is 41.8 Å². The number of nitrogens with one attached hydrogen (secondary N) is 1. The Hall–Kier alpha value is -0.990. The van der Waals surface area contributed by atoms with E-state index >= 15 is 0 Å². The summed E-state index contributed by atoms with van der Waals surface area (Å²) >= 11 is 0. The quantitative estimate of drug-likeness (QED) is 0.660. The average molecular weight is 179 g/mol. The maximum atomic E-state index is 4.57. The Bertz CT molecular complexity index is 283. The van der Waals surface area contributed by atoms with Crippen LogP contribution in [-0.4, -0.2) is 16.1 Å². The lowest BCUT2D eigenvalue weighted by Crippen LogP contribution is -2.16. The van der Waals surface area contributed by atoms with Gasteiger partial charge in [-0.15, -0.1) is 0 Å². The van der Waals surface area contributed by atoms with Gasteiger partial charge >= 0.3 is 0 Å². The van der Waals surface area contributed by atoms with Crippen LogP contribution in [0, 0.1) is 0 Å². The van der Waals surface area contributed by atoms with E-state index in [1.807, 2.05) is 0 Å². The normalized spacial score (nSPS) is 16.5. The number of imidazole rings is 1. The van der Waals surface area contributed by atoms with Gasteiger partial charge in [0.1, 0.15) is 0 Å². The van der Waals surface area contributed by atoms with Crippen LogP contribution in [-0.2, 0) is 12.0 Å². The second-order valence-corrected chi connectivity index (χ2v) is 4.67. The summed E-state index contributed by atoms with van der Waals surface area (Å²) in [6, 6.07) is 0. The van der Waals surface area contributed by atoms with Crippen LogP contribution in [0.5, 0.6) is 0 Å². The van der Waals surface area contributed by atoms with Gasteiger partial charge in [-0.1, -0.05) is 20.8 Å². The van der Waals surface area contributed by atoms with E-state index in [0.29, 0.717) is 0 Å². The highest BCUT2D eigenvalue weighted by molar-refractivity contribution is 5.32. The van der Waals surface area contributed by atoms with Crippen molar-refractivity contribution in [3.05, 3.63) is 11.9 Å². The van der Waals surface area contributed by atoms with Gasteiger partial charge in [0.05, 0.1) is 5.69 Å². The highest BCUT2D eigenvalue weighted by Crippen LogP contribution is 2.24. The number of aromatic nitrogens is 2. The van der Waals surface area contributed by atoms with Crippen molar-refractivity contribution in [2.45, 2.75) is 39.2 Å². The second-order valence-electron chi connectivity index (χ2n) is 4.67. The smallest absolute Gasteiger partial charge is 0.203 e. The Labute approximate surface area is 79.2 Å². The number of rotatable bonds is 0. The topological polar surface area (TPSA) is 29.9 Å². The summed E-state index contributed by atoms with van der Waals surface area (Å²) in [5.41, 5.74) is 1.34. The predicted molar refractivity (Wildman–Crippen MR) is 54.0 cm³/mol. The van der Waals surface area contributed by atoms with Gasteiger partial charge in [-0.05, 0) is 6.42 Å². The van der Waals surface area contributed by atoms with Crippen molar-refractivity contribution < 1.29 is 0 Å². The standard InChI is InChI=1S/C10H17N3/c1-10(2,3)8-7-13-6-4-5-11-9(13)12-8/h7H,4-6H2,1-3H3,(H,11,12). The molecule has 2 heterocycles. The fraction of sp³-hybridized carbons (Fsp3) is 0.700. The highest BCUT2D eigenvalue weighted by Gasteiger charge is 2.20. The summed E-state index contributed by atoms with van der Waals surface area (Å²) < 4.78 is 2.21. The largest absolute Gasteiger partial charge is 0.356 e. The molecule has 1 aromatic rings. The van der Waals surface area contributed by atoms with Crippen molar-refractivity contribution in [2.75, 3.05) is 11.9 Å². The Morgan fingerprint density at radius 2 is 2.23 bits per heavy atom. The minimum absolute atomic E-state index is 0.159. The molecule has 0 amide bonds. The molecule has 1 aliphatic heterocycles. The van der Waals surface area contributed by atoms with E-state index in [4.69, 9.17) is 0 Å². The molecule has 3 heteroatoms. The molecule has 1 aromatic heterocycles. The van der Waals surface area contributed by atoms with E-state index in [9.17, 15) is 0 Å². The fourth-order valence-corrected chi connectivity index (χ4v) is 1.54. The van der Waals surface area contributed by atoms with Crippen LogP contribution < -0.4 is 5.32 Å². The molecule has 2 rings (SSSR count). The lowest BCUT2D eigenvalue weighted by molar-refractivity contribution is 0.570. The summed E-state index contributed by atoms with van der Waals surface area (Å²) in [7, 11) is 0. The zero-order valence-corrected chi connectivity index (χ0v) is 8.59. The monoisotopic (exact) mass is 179 g/mol. The minimum Gasteiger partial charge on any atom is -0.356 e. The molecule has 0 fully saturated rings. The van der Waals surface area contributed by atoms with E-state index in [0.717, 1.165) is 19.0 Å². The van der Waals surface area contributed by atoms with E-state index in [-0.39, 0.29) is 5.41 Å². The van der Waals surface area contributed by atoms with E-state index in [1.165, 1.54) is 12.1 Å². The van der Waals surface area contributed by atoms with Crippen LogP contribution in [0.15, 0.2) is 6.20 Å². The van der Waals surface area contributed by atoms with Crippen molar-refractivity contribution in [1.29, 1.82) is 0 Å². The fourth-order valence-electron chi connectivity index (χ4n) is 1.54. The van der Waals surface area contributed by atoms with E-state index < -0.39 is 0 Å². The third kappa shape index (κ3) is 1.55. The van der Waals surface area contributed by atoms with E-state index in [1.54, 1.807) is 0 Å². The third-order valence-corrected chi connectivity index (χ3v) is 2.40. The Morgan fingerprint density at radius 1 is 1.46 bits per heavy atom. The lowest BCUT2D eigenvalue weighted by Gasteiger charge is -2.14. The predicted octanol–water partition coefficient (Wildman–Crippen LogP) is 2.00. The summed E-state index contributed by atoms with van der Waals surface area (Å²) in [4.78, 5) is 4.57. The summed E-state index contributed by atoms with van der Waals surface area (Å²) in [6.45, 7) is 8.75. The van der Waals surface area contributed by atoms with Crippen molar-refractivity contribution in [3.63, 3.8) is 0 Å². The molecule has 3 nitrogen and oxygen atoms in total. The van der Waals surface area contributed by atoms with Crippen LogP contribution in [0.1, 0.15) is 32.9 Å². The number of hydrogen-bond acceptors (Lipinski definition) is 2. The zero-order valence-electron chi connectivity index (χ0n) is 8.59. The van der Waals surface area contributed by atoms with Gasteiger partial charge in [0.15, 0.2) is 0 Å². The number of hydrogen-bond donors (Lipinski definition) is 1. The summed E-state index contributed by atoms with van der Waals surface area (Å²) in [5, 5.41) is 3.31. The SMILES string of the molecule is CC(C)(C)c1cn2c(n1)NCCC2. The summed E-state index contributed by atoms with van der Waals surface area (Å²) in [6.07, 6.45) is 3.37. The van der Waals surface area contributed by atoms with Gasteiger partial charge in [-0.25, -0.2) is 4.98 Å². The van der Waals surface area contributed by atoms with Crippen LogP contribution in [0.4, 0.5) is 5.95 Å². The minimum atomic E-state index is 0.159. The van der Waals surface area contributed by atoms with Crippen LogP contribution in [0.25, 0.3) is 0 Å². The first-order valence-electron chi connectivity index (χ1n) is 4.89. The molecule has 0 spiro atoms. The van der Waals surface area contributed by atoms with Crippen molar-refractivity contribution in [3.8, 4) is 0 Å². The molecule has 1 aliphatic rings. The van der Waals surface area contributed by atoms with Gasteiger partial charge in [-0.3, -0.25) is 0 Å². The number of aryl methyl sites for hydroxylation is 1. The first-order valence-corrected chi connectivity index (χ1v) is 4.89. The lowest BCUT2D eigenvalue weighted by atomic mass is 9.93. The van der Waals surface area contributed by atoms with Gasteiger partial charge < -0.3 is 9.88 Å². The first-order chi connectivity index (χ1) is 6.07. The molecule has 13 heavy (non-hydrogen) atoms.